The summed E-state index contributed by atoms with van der Waals surface area (Å²) in [6.07, 6.45) is 5.03. The molecule has 200 valence electrons. The van der Waals surface area contributed by atoms with Crippen LogP contribution in [0, 0.1) is 0 Å². The lowest BCUT2D eigenvalue weighted by Crippen LogP contribution is -2.48. The number of benzene rings is 2. The summed E-state index contributed by atoms with van der Waals surface area (Å²) in [4.78, 5) is 27.5. The number of nitrogens with one attached hydrogen (secondary N) is 3. The third-order valence-corrected chi connectivity index (χ3v) is 8.09. The van der Waals surface area contributed by atoms with E-state index in [9.17, 15) is 4.79 Å². The molecular formula is C27H32Cl2N8O. The van der Waals surface area contributed by atoms with Gasteiger partial charge in [-0.1, -0.05) is 47.5 Å². The van der Waals surface area contributed by atoms with Crippen molar-refractivity contribution in [2.75, 3.05) is 31.1 Å². The Hall–Kier alpha value is -2.95. The molecule has 7 N–H and O–H groups in total. The Morgan fingerprint density at radius 3 is 1.84 bits per heavy atom. The third-order valence-electron chi connectivity index (χ3n) is 7.59. The Morgan fingerprint density at radius 2 is 1.29 bits per heavy atom. The first-order valence-corrected chi connectivity index (χ1v) is 13.5. The molecule has 0 unspecified atom stereocenters. The second-order valence-corrected chi connectivity index (χ2v) is 10.9. The number of fused-ring (bicyclic) bond motifs is 1. The van der Waals surface area contributed by atoms with E-state index in [1.807, 2.05) is 48.5 Å². The van der Waals surface area contributed by atoms with Crippen molar-refractivity contribution in [3.63, 3.8) is 0 Å². The Kier molecular flexibility index (Phi) is 7.74. The monoisotopic (exact) mass is 554 g/mol. The van der Waals surface area contributed by atoms with E-state index in [1.54, 1.807) is 0 Å². The van der Waals surface area contributed by atoms with Gasteiger partial charge in [-0.3, -0.25) is 4.98 Å². The number of nitrogens with zero attached hydrogens (tertiary/aromatic N) is 3. The van der Waals surface area contributed by atoms with Gasteiger partial charge in [0.25, 0.3) is 0 Å². The Morgan fingerprint density at radius 1 is 0.763 bits per heavy atom. The molecule has 38 heavy (non-hydrogen) atoms. The van der Waals surface area contributed by atoms with Crippen LogP contribution in [-0.2, 0) is 11.1 Å². The average molecular weight is 556 g/mol. The number of piperidine rings is 2. The van der Waals surface area contributed by atoms with E-state index < -0.39 is 0 Å². The van der Waals surface area contributed by atoms with Crippen molar-refractivity contribution in [3.8, 4) is 0 Å². The van der Waals surface area contributed by atoms with Crippen molar-refractivity contribution in [3.05, 3.63) is 86.5 Å². The van der Waals surface area contributed by atoms with E-state index in [0.29, 0.717) is 16.2 Å². The van der Waals surface area contributed by atoms with E-state index in [-0.39, 0.29) is 16.8 Å². The number of hydrogen-bond donors (Lipinski definition) is 5. The molecule has 4 heterocycles. The topological polar surface area (TPSA) is 142 Å². The summed E-state index contributed by atoms with van der Waals surface area (Å²) in [6, 6.07) is 15.6. The van der Waals surface area contributed by atoms with Crippen LogP contribution in [0.5, 0.6) is 0 Å². The van der Waals surface area contributed by atoms with Crippen LogP contribution in [0.4, 0.5) is 5.82 Å². The molecule has 0 radical (unpaired) electrons. The smallest absolute Gasteiger partial charge is 0.325 e. The summed E-state index contributed by atoms with van der Waals surface area (Å²) in [5.74, 6) is 0.733. The maximum atomic E-state index is 11.5. The zero-order valence-electron chi connectivity index (χ0n) is 21.0. The highest BCUT2D eigenvalue weighted by Gasteiger charge is 2.33. The summed E-state index contributed by atoms with van der Waals surface area (Å²) >= 11 is 11.8. The first kappa shape index (κ1) is 26.6. The Balaban J connectivity index is 0.000000179. The maximum absolute atomic E-state index is 11.5. The predicted octanol–water partition coefficient (Wildman–Crippen LogP) is 3.63. The predicted molar refractivity (Wildman–Crippen MR) is 153 cm³/mol. The van der Waals surface area contributed by atoms with E-state index in [0.717, 1.165) is 68.3 Å². The number of rotatable bonds is 3. The first-order valence-electron chi connectivity index (χ1n) is 12.7. The molecule has 0 bridgehead atoms. The molecule has 4 aromatic rings. The lowest BCUT2D eigenvalue weighted by molar-refractivity contribution is 0.317. The molecule has 11 heteroatoms. The molecule has 0 aliphatic carbocycles. The fourth-order valence-electron chi connectivity index (χ4n) is 5.21. The van der Waals surface area contributed by atoms with Crippen LogP contribution in [0.15, 0.2) is 59.7 Å². The highest BCUT2D eigenvalue weighted by Crippen LogP contribution is 2.33. The summed E-state index contributed by atoms with van der Waals surface area (Å²) in [5, 5.41) is 4.79. The second-order valence-electron chi connectivity index (χ2n) is 10.1. The molecule has 2 aliphatic rings. The van der Waals surface area contributed by atoms with E-state index in [2.05, 4.69) is 30.2 Å². The molecule has 9 nitrogen and oxygen atoms in total. The van der Waals surface area contributed by atoms with Crippen molar-refractivity contribution >= 4 is 40.2 Å². The summed E-state index contributed by atoms with van der Waals surface area (Å²) in [6.45, 7) is 3.50. The third kappa shape index (κ3) is 5.72. The lowest BCUT2D eigenvalue weighted by Gasteiger charge is -2.40. The van der Waals surface area contributed by atoms with Crippen LogP contribution < -0.4 is 27.4 Å². The number of H-pyrrole nitrogens is 2. The van der Waals surface area contributed by atoms with Gasteiger partial charge in [0.05, 0.1) is 0 Å². The number of aromatic amines is 2. The molecule has 6 rings (SSSR count). The van der Waals surface area contributed by atoms with Gasteiger partial charge in [-0.2, -0.15) is 0 Å². The van der Waals surface area contributed by atoms with Gasteiger partial charge >= 0.3 is 5.69 Å². The highest BCUT2D eigenvalue weighted by molar-refractivity contribution is 6.30. The SMILES string of the molecule is NC1(c2ccc(Cl)cc2)CCN(c2ncnc3[nH]c(=O)[nH]c23)CC1.NC1(c2ccc(Cl)cc2)CCNCC1. The van der Waals surface area contributed by atoms with Gasteiger partial charge in [0.1, 0.15) is 11.8 Å². The van der Waals surface area contributed by atoms with E-state index in [4.69, 9.17) is 34.7 Å². The number of aromatic nitrogens is 4. The lowest BCUT2D eigenvalue weighted by atomic mass is 9.82. The number of halogens is 2. The van der Waals surface area contributed by atoms with Crippen LogP contribution in [0.25, 0.3) is 11.2 Å². The molecule has 0 spiro atoms. The quantitative estimate of drug-likeness (QED) is 0.260. The molecule has 2 aromatic carbocycles. The van der Waals surface area contributed by atoms with Crippen LogP contribution in [0.3, 0.4) is 0 Å². The molecule has 0 saturated carbocycles. The van der Waals surface area contributed by atoms with Crippen molar-refractivity contribution < 1.29 is 0 Å². The van der Waals surface area contributed by atoms with Gasteiger partial charge in [0, 0.05) is 34.2 Å². The van der Waals surface area contributed by atoms with E-state index in [1.165, 1.54) is 11.9 Å². The Bertz CT molecular complexity index is 1420. The second kappa shape index (κ2) is 11.0. The minimum Gasteiger partial charge on any atom is -0.355 e. The number of anilines is 1. The molecule has 2 saturated heterocycles. The molecule has 0 amide bonds. The fraction of sp³-hybridized carbons (Fsp3) is 0.370. The zero-order chi connectivity index (χ0) is 26.8. The summed E-state index contributed by atoms with van der Waals surface area (Å²) in [7, 11) is 0. The van der Waals surface area contributed by atoms with Gasteiger partial charge in [-0.05, 0) is 74.2 Å². The van der Waals surface area contributed by atoms with Crippen molar-refractivity contribution in [2.24, 2.45) is 11.5 Å². The summed E-state index contributed by atoms with van der Waals surface area (Å²) in [5.41, 5.74) is 15.6. The first-order chi connectivity index (χ1) is 18.3. The minimum atomic E-state index is -0.376. The summed E-state index contributed by atoms with van der Waals surface area (Å²) < 4.78 is 0. The van der Waals surface area contributed by atoms with Gasteiger partial charge in [-0.25, -0.2) is 14.8 Å². The average Bonchev–Trinajstić information content (AvgIpc) is 3.31. The van der Waals surface area contributed by atoms with Gasteiger partial charge < -0.3 is 26.7 Å². The molecule has 2 fully saturated rings. The van der Waals surface area contributed by atoms with E-state index >= 15 is 0 Å². The molecule has 0 atom stereocenters. The van der Waals surface area contributed by atoms with Crippen molar-refractivity contribution in [1.29, 1.82) is 0 Å². The normalized spacial score (nSPS) is 18.6. The number of imidazole rings is 1. The number of nitrogens with two attached hydrogens (primary N) is 2. The standard InChI is InChI=1S/C16H17ClN6O.C11H15ClN2/c17-11-3-1-10(2-4-11)16(18)5-7-23(8-6-16)14-12-13(19-9-20-14)22-15(24)21-12;12-10-3-1-9(2-4-10)11(13)5-7-14-8-6-11/h1-4,9H,5-8,18H2,(H2,19,20,21,22,24);1-4,14H,5-8,13H2. The van der Waals surface area contributed by atoms with Crippen LogP contribution in [-0.4, -0.2) is 46.1 Å². The van der Waals surface area contributed by atoms with Gasteiger partial charge in [0.2, 0.25) is 0 Å². The van der Waals surface area contributed by atoms with Gasteiger partial charge in [-0.15, -0.1) is 0 Å². The largest absolute Gasteiger partial charge is 0.355 e. The Labute approximate surface area is 230 Å². The minimum absolute atomic E-state index is 0.157. The van der Waals surface area contributed by atoms with Crippen molar-refractivity contribution in [2.45, 2.75) is 36.8 Å². The van der Waals surface area contributed by atoms with Crippen LogP contribution in [0.1, 0.15) is 36.8 Å². The molecular weight excluding hydrogens is 523 g/mol. The van der Waals surface area contributed by atoms with Crippen LogP contribution in [0.2, 0.25) is 10.0 Å². The molecule has 2 aromatic heterocycles. The van der Waals surface area contributed by atoms with Crippen molar-refractivity contribution in [1.82, 2.24) is 25.3 Å². The highest BCUT2D eigenvalue weighted by atomic mass is 35.5. The van der Waals surface area contributed by atoms with Crippen LogP contribution >= 0.6 is 23.2 Å². The van der Waals surface area contributed by atoms with Gasteiger partial charge in [0.15, 0.2) is 11.5 Å². The maximum Gasteiger partial charge on any atom is 0.325 e. The molecule has 2 aliphatic heterocycles. The number of hydrogen-bond acceptors (Lipinski definition) is 7. The zero-order valence-corrected chi connectivity index (χ0v) is 22.5. The fourth-order valence-corrected chi connectivity index (χ4v) is 5.46.